The molecule has 2 fully saturated rings. The first-order valence-corrected chi connectivity index (χ1v) is 15.8. The maximum Gasteiger partial charge on any atom is 0.243 e. The maximum absolute atomic E-state index is 13.8. The van der Waals surface area contributed by atoms with Crippen molar-refractivity contribution < 1.29 is 18.3 Å². The van der Waals surface area contributed by atoms with Crippen LogP contribution in [0.15, 0.2) is 59.5 Å². The van der Waals surface area contributed by atoms with Crippen LogP contribution in [0.3, 0.4) is 0 Å². The van der Waals surface area contributed by atoms with Gasteiger partial charge >= 0.3 is 0 Å². The zero-order valence-electron chi connectivity index (χ0n) is 23.0. The summed E-state index contributed by atoms with van der Waals surface area (Å²) in [4.78, 5) is 15.9. The van der Waals surface area contributed by atoms with Gasteiger partial charge in [-0.2, -0.15) is 4.31 Å². The Hall–Kier alpha value is -2.38. The fourth-order valence-electron chi connectivity index (χ4n) is 6.38. The van der Waals surface area contributed by atoms with E-state index in [4.69, 9.17) is 0 Å². The lowest BCUT2D eigenvalue weighted by atomic mass is 9.82. The van der Waals surface area contributed by atoms with Gasteiger partial charge in [-0.15, -0.1) is 0 Å². The number of rotatable bonds is 10. The molecule has 1 atom stereocenters. The molecule has 1 amide bonds. The predicted octanol–water partition coefficient (Wildman–Crippen LogP) is 6.00. The largest absolute Gasteiger partial charge is 0.508 e. The van der Waals surface area contributed by atoms with Crippen molar-refractivity contribution >= 4 is 15.9 Å². The summed E-state index contributed by atoms with van der Waals surface area (Å²) >= 11 is 0. The number of phenolic OH excluding ortho intramolecular Hbond substituents is 1. The molecule has 1 saturated carbocycles. The van der Waals surface area contributed by atoms with Crippen LogP contribution in [0.4, 0.5) is 0 Å². The highest BCUT2D eigenvalue weighted by Crippen LogP contribution is 2.32. The topological polar surface area (TPSA) is 77.9 Å². The molecule has 0 unspecified atom stereocenters. The van der Waals surface area contributed by atoms with E-state index < -0.39 is 10.0 Å². The number of hydrogen-bond donors (Lipinski definition) is 1. The van der Waals surface area contributed by atoms with Crippen molar-refractivity contribution in [2.75, 3.05) is 13.1 Å². The van der Waals surface area contributed by atoms with Crippen LogP contribution >= 0.6 is 0 Å². The first kappa shape index (κ1) is 28.6. The fourth-order valence-corrected chi connectivity index (χ4v) is 8.31. The number of sulfonamides is 1. The molecule has 0 spiro atoms. The van der Waals surface area contributed by atoms with Gasteiger partial charge in [0.25, 0.3) is 0 Å². The molecule has 1 aliphatic heterocycles. The number of piperidine rings is 1. The van der Waals surface area contributed by atoms with E-state index in [0.717, 1.165) is 25.2 Å². The van der Waals surface area contributed by atoms with Gasteiger partial charge in [0, 0.05) is 31.1 Å². The standard InChI is InChI=1S/C31H44N2O4S/c1-24(2)33(38(36,37)30-15-9-14-29(34)23-30)28-18-20-32(21-19-28)31(35)27(22-26-12-7-4-8-13-26)17-16-25-10-5-3-6-11-25/h4,7-9,12-15,23-25,27-28,34H,3,5-6,10-11,16-22H2,1-2H3/t27-/m0/s1. The summed E-state index contributed by atoms with van der Waals surface area (Å²) in [6, 6.07) is 15.8. The number of carbonyl (C=O) groups excluding carboxylic acids is 1. The molecule has 4 rings (SSSR count). The van der Waals surface area contributed by atoms with Crippen molar-refractivity contribution in [2.45, 2.75) is 95.0 Å². The second-order valence-corrected chi connectivity index (χ2v) is 13.3. The lowest BCUT2D eigenvalue weighted by Gasteiger charge is -2.40. The Labute approximate surface area is 229 Å². The van der Waals surface area contributed by atoms with E-state index in [-0.39, 0.29) is 34.6 Å². The van der Waals surface area contributed by atoms with Gasteiger partial charge in [0.1, 0.15) is 5.75 Å². The SMILES string of the molecule is CC(C)N(C1CCN(C(=O)[C@@H](CCC2CCCCC2)Cc2ccccc2)CC1)S(=O)(=O)c1cccc(O)c1. The first-order valence-electron chi connectivity index (χ1n) is 14.4. The second-order valence-electron chi connectivity index (χ2n) is 11.5. The van der Waals surface area contributed by atoms with Crippen LogP contribution in [-0.2, 0) is 21.2 Å². The Morgan fingerprint density at radius 2 is 1.66 bits per heavy atom. The van der Waals surface area contributed by atoms with E-state index in [2.05, 4.69) is 12.1 Å². The van der Waals surface area contributed by atoms with Gasteiger partial charge in [-0.3, -0.25) is 4.79 Å². The van der Waals surface area contributed by atoms with Crippen LogP contribution in [0.1, 0.15) is 77.2 Å². The van der Waals surface area contributed by atoms with Crippen LogP contribution in [-0.4, -0.2) is 53.8 Å². The minimum absolute atomic E-state index is 0.0342. The van der Waals surface area contributed by atoms with E-state index in [9.17, 15) is 18.3 Å². The van der Waals surface area contributed by atoms with Crippen molar-refractivity contribution in [1.29, 1.82) is 0 Å². The lowest BCUT2D eigenvalue weighted by molar-refractivity contribution is -0.137. The molecule has 2 aliphatic rings. The molecule has 0 aromatic heterocycles. The normalized spacial score (nSPS) is 18.7. The van der Waals surface area contributed by atoms with Gasteiger partial charge in [0.05, 0.1) is 4.90 Å². The molecule has 7 heteroatoms. The van der Waals surface area contributed by atoms with Gasteiger partial charge < -0.3 is 10.0 Å². The number of benzene rings is 2. The highest BCUT2D eigenvalue weighted by molar-refractivity contribution is 7.89. The molecule has 1 N–H and O–H groups in total. The van der Waals surface area contributed by atoms with E-state index in [1.165, 1.54) is 55.9 Å². The van der Waals surface area contributed by atoms with E-state index in [1.54, 1.807) is 10.4 Å². The summed E-state index contributed by atoms with van der Waals surface area (Å²) in [6.45, 7) is 4.91. The Morgan fingerprint density at radius 3 is 2.29 bits per heavy atom. The van der Waals surface area contributed by atoms with Gasteiger partial charge in [-0.25, -0.2) is 8.42 Å². The summed E-state index contributed by atoms with van der Waals surface area (Å²) in [7, 11) is -3.77. The minimum Gasteiger partial charge on any atom is -0.508 e. The average Bonchev–Trinajstić information content (AvgIpc) is 2.92. The number of aromatic hydroxyl groups is 1. The van der Waals surface area contributed by atoms with Crippen molar-refractivity contribution in [3.8, 4) is 5.75 Å². The molecule has 38 heavy (non-hydrogen) atoms. The second kappa shape index (κ2) is 13.1. The van der Waals surface area contributed by atoms with Crippen molar-refractivity contribution in [1.82, 2.24) is 9.21 Å². The Morgan fingerprint density at radius 1 is 0.974 bits per heavy atom. The molecule has 2 aromatic carbocycles. The molecule has 0 bridgehead atoms. The molecular weight excluding hydrogens is 496 g/mol. The third kappa shape index (κ3) is 7.17. The monoisotopic (exact) mass is 540 g/mol. The third-order valence-corrected chi connectivity index (χ3v) is 10.5. The summed E-state index contributed by atoms with van der Waals surface area (Å²) in [5.41, 5.74) is 1.20. The average molecular weight is 541 g/mol. The number of amides is 1. The first-order chi connectivity index (χ1) is 18.3. The Bertz CT molecular complexity index is 1140. The molecular formula is C31H44N2O4S. The maximum atomic E-state index is 13.8. The van der Waals surface area contributed by atoms with E-state index in [1.807, 2.05) is 36.9 Å². The fraction of sp³-hybridized carbons (Fsp3) is 0.581. The Kier molecular flexibility index (Phi) is 9.88. The van der Waals surface area contributed by atoms with Crippen LogP contribution in [0.2, 0.25) is 0 Å². The molecule has 0 radical (unpaired) electrons. The van der Waals surface area contributed by atoms with Crippen LogP contribution < -0.4 is 0 Å². The van der Waals surface area contributed by atoms with Gasteiger partial charge in [-0.1, -0.05) is 68.5 Å². The number of likely N-dealkylation sites (tertiary alicyclic amines) is 1. The van der Waals surface area contributed by atoms with Crippen molar-refractivity contribution in [3.05, 3.63) is 60.2 Å². The molecule has 6 nitrogen and oxygen atoms in total. The molecule has 1 saturated heterocycles. The molecule has 2 aromatic rings. The van der Waals surface area contributed by atoms with Gasteiger partial charge in [-0.05, 0) is 75.6 Å². The predicted molar refractivity (Wildman–Crippen MR) is 151 cm³/mol. The van der Waals surface area contributed by atoms with Crippen LogP contribution in [0.25, 0.3) is 0 Å². The number of phenols is 1. The van der Waals surface area contributed by atoms with E-state index >= 15 is 0 Å². The number of nitrogens with zero attached hydrogens (tertiary/aromatic N) is 2. The summed E-state index contributed by atoms with van der Waals surface area (Å²) < 4.78 is 28.6. The zero-order valence-corrected chi connectivity index (χ0v) is 23.8. The summed E-state index contributed by atoms with van der Waals surface area (Å²) in [5, 5.41) is 9.86. The summed E-state index contributed by atoms with van der Waals surface area (Å²) in [6.07, 6.45) is 10.6. The minimum atomic E-state index is -3.77. The zero-order chi connectivity index (χ0) is 27.1. The van der Waals surface area contributed by atoms with Gasteiger partial charge in [0.2, 0.25) is 15.9 Å². The highest BCUT2D eigenvalue weighted by atomic mass is 32.2. The van der Waals surface area contributed by atoms with Crippen LogP contribution in [0.5, 0.6) is 5.75 Å². The molecule has 1 aliphatic carbocycles. The number of carbonyl (C=O) groups is 1. The highest BCUT2D eigenvalue weighted by Gasteiger charge is 2.37. The Balaban J connectivity index is 1.43. The summed E-state index contributed by atoms with van der Waals surface area (Å²) in [5.74, 6) is 0.860. The van der Waals surface area contributed by atoms with Crippen molar-refractivity contribution in [2.24, 2.45) is 11.8 Å². The third-order valence-electron chi connectivity index (χ3n) is 8.36. The van der Waals surface area contributed by atoms with Gasteiger partial charge in [0.15, 0.2) is 0 Å². The lowest BCUT2D eigenvalue weighted by Crippen LogP contribution is -2.52. The van der Waals surface area contributed by atoms with E-state index in [0.29, 0.717) is 25.9 Å². The van der Waals surface area contributed by atoms with Crippen molar-refractivity contribution in [3.63, 3.8) is 0 Å². The molecule has 1 heterocycles. The number of hydrogen-bond acceptors (Lipinski definition) is 4. The molecule has 208 valence electrons. The quantitative estimate of drug-likeness (QED) is 0.401. The smallest absolute Gasteiger partial charge is 0.243 e. The van der Waals surface area contributed by atoms with Crippen LogP contribution in [0, 0.1) is 11.8 Å².